The minimum atomic E-state index is -1.53. The maximum atomic E-state index is 11.8. The van der Waals surface area contributed by atoms with Crippen LogP contribution in [0, 0.1) is 0 Å². The summed E-state index contributed by atoms with van der Waals surface area (Å²) in [6.45, 7) is 4.24. The van der Waals surface area contributed by atoms with Gasteiger partial charge in [0.25, 0.3) is 5.91 Å². The standard InChI is InChI=1S/C14H20N2O3/c1-4-9(2)10-5-7-11(8-6-10)16(3)13(17)12(15)14(18)19/h5-9,12H,4,15H2,1-3H3,(H,18,19). The Kier molecular flexibility index (Phi) is 5.06. The van der Waals surface area contributed by atoms with E-state index in [1.54, 1.807) is 12.1 Å². The van der Waals surface area contributed by atoms with Gasteiger partial charge in [-0.2, -0.15) is 0 Å². The Balaban J connectivity index is 2.86. The Bertz CT molecular complexity index is 456. The Morgan fingerprint density at radius 2 is 1.84 bits per heavy atom. The van der Waals surface area contributed by atoms with Crippen molar-refractivity contribution in [1.29, 1.82) is 0 Å². The molecule has 0 aliphatic rings. The van der Waals surface area contributed by atoms with Crippen LogP contribution in [-0.2, 0) is 9.59 Å². The van der Waals surface area contributed by atoms with Crippen LogP contribution in [0.25, 0.3) is 0 Å². The third kappa shape index (κ3) is 3.54. The zero-order valence-corrected chi connectivity index (χ0v) is 11.5. The van der Waals surface area contributed by atoms with Gasteiger partial charge in [0.05, 0.1) is 0 Å². The summed E-state index contributed by atoms with van der Waals surface area (Å²) in [4.78, 5) is 23.7. The maximum absolute atomic E-state index is 11.8. The molecular formula is C14H20N2O3. The van der Waals surface area contributed by atoms with Crippen molar-refractivity contribution in [3.8, 4) is 0 Å². The van der Waals surface area contributed by atoms with Crippen molar-refractivity contribution in [3.63, 3.8) is 0 Å². The minimum absolute atomic E-state index is 0.455. The zero-order valence-electron chi connectivity index (χ0n) is 11.5. The normalized spacial score (nSPS) is 13.7. The molecular weight excluding hydrogens is 244 g/mol. The summed E-state index contributed by atoms with van der Waals surface area (Å²) in [5.41, 5.74) is 7.13. The maximum Gasteiger partial charge on any atom is 0.330 e. The number of carboxylic acid groups (broad SMARTS) is 1. The van der Waals surface area contributed by atoms with Crippen molar-refractivity contribution in [3.05, 3.63) is 29.8 Å². The van der Waals surface area contributed by atoms with Crippen LogP contribution in [0.3, 0.4) is 0 Å². The monoisotopic (exact) mass is 264 g/mol. The van der Waals surface area contributed by atoms with Gasteiger partial charge in [0.1, 0.15) is 0 Å². The molecule has 5 heteroatoms. The Labute approximate surface area is 113 Å². The molecule has 0 heterocycles. The quantitative estimate of drug-likeness (QED) is 0.791. The number of hydrogen-bond donors (Lipinski definition) is 2. The van der Waals surface area contributed by atoms with E-state index in [2.05, 4.69) is 13.8 Å². The van der Waals surface area contributed by atoms with Gasteiger partial charge in [-0.1, -0.05) is 26.0 Å². The van der Waals surface area contributed by atoms with Crippen LogP contribution in [0.1, 0.15) is 31.7 Å². The fourth-order valence-electron chi connectivity index (χ4n) is 1.70. The molecule has 0 saturated heterocycles. The number of carboxylic acids is 1. The van der Waals surface area contributed by atoms with Crippen molar-refractivity contribution in [1.82, 2.24) is 0 Å². The average Bonchev–Trinajstić information content (AvgIpc) is 2.44. The van der Waals surface area contributed by atoms with Gasteiger partial charge in [-0.3, -0.25) is 4.79 Å². The number of benzene rings is 1. The number of nitrogens with two attached hydrogens (primary N) is 1. The highest BCUT2D eigenvalue weighted by Crippen LogP contribution is 2.22. The van der Waals surface area contributed by atoms with Gasteiger partial charge in [-0.05, 0) is 30.0 Å². The highest BCUT2D eigenvalue weighted by atomic mass is 16.4. The van der Waals surface area contributed by atoms with E-state index in [4.69, 9.17) is 10.8 Å². The number of carbonyl (C=O) groups is 2. The van der Waals surface area contributed by atoms with Gasteiger partial charge in [-0.25, -0.2) is 4.79 Å². The zero-order chi connectivity index (χ0) is 14.6. The summed E-state index contributed by atoms with van der Waals surface area (Å²) in [7, 11) is 1.52. The van der Waals surface area contributed by atoms with Crippen LogP contribution in [0.15, 0.2) is 24.3 Å². The number of amides is 1. The van der Waals surface area contributed by atoms with Gasteiger partial charge >= 0.3 is 5.97 Å². The average molecular weight is 264 g/mol. The summed E-state index contributed by atoms with van der Waals surface area (Å²) >= 11 is 0. The van der Waals surface area contributed by atoms with Crippen molar-refractivity contribution in [2.45, 2.75) is 32.2 Å². The van der Waals surface area contributed by atoms with E-state index in [0.717, 1.165) is 6.42 Å². The Morgan fingerprint density at radius 1 is 1.32 bits per heavy atom. The van der Waals surface area contributed by atoms with Gasteiger partial charge in [0, 0.05) is 12.7 Å². The summed E-state index contributed by atoms with van der Waals surface area (Å²) in [6.07, 6.45) is 1.04. The number of rotatable bonds is 5. The fourth-order valence-corrected chi connectivity index (χ4v) is 1.70. The molecule has 0 aromatic heterocycles. The lowest BCUT2D eigenvalue weighted by Gasteiger charge is -2.20. The first kappa shape index (κ1) is 15.2. The molecule has 0 aliphatic heterocycles. The minimum Gasteiger partial charge on any atom is -0.480 e. The number of anilines is 1. The summed E-state index contributed by atoms with van der Waals surface area (Å²) in [6, 6.07) is 5.96. The van der Waals surface area contributed by atoms with Crippen LogP contribution in [-0.4, -0.2) is 30.1 Å². The van der Waals surface area contributed by atoms with E-state index in [9.17, 15) is 9.59 Å². The van der Waals surface area contributed by atoms with Crippen molar-refractivity contribution < 1.29 is 14.7 Å². The van der Waals surface area contributed by atoms with E-state index in [1.165, 1.54) is 17.5 Å². The van der Waals surface area contributed by atoms with Crippen LogP contribution in [0.5, 0.6) is 0 Å². The van der Waals surface area contributed by atoms with Gasteiger partial charge in [-0.15, -0.1) is 0 Å². The summed E-state index contributed by atoms with van der Waals surface area (Å²) in [5, 5.41) is 8.72. The predicted octanol–water partition coefficient (Wildman–Crippen LogP) is 1.57. The molecule has 5 nitrogen and oxygen atoms in total. The Morgan fingerprint density at radius 3 is 2.26 bits per heavy atom. The second kappa shape index (κ2) is 6.33. The van der Waals surface area contributed by atoms with E-state index in [-0.39, 0.29) is 0 Å². The second-order valence-corrected chi connectivity index (χ2v) is 4.61. The van der Waals surface area contributed by atoms with E-state index >= 15 is 0 Å². The van der Waals surface area contributed by atoms with Gasteiger partial charge in [0.2, 0.25) is 0 Å². The molecule has 0 bridgehead atoms. The molecule has 19 heavy (non-hydrogen) atoms. The first-order valence-corrected chi connectivity index (χ1v) is 6.24. The molecule has 1 amide bonds. The lowest BCUT2D eigenvalue weighted by molar-refractivity contribution is -0.142. The molecule has 1 rings (SSSR count). The largest absolute Gasteiger partial charge is 0.480 e. The first-order valence-electron chi connectivity index (χ1n) is 6.24. The molecule has 0 spiro atoms. The molecule has 3 N–H and O–H groups in total. The number of likely N-dealkylation sites (N-methyl/N-ethyl adjacent to an activating group) is 1. The number of aliphatic carboxylic acids is 1. The lowest BCUT2D eigenvalue weighted by atomic mass is 9.98. The number of hydrogen-bond acceptors (Lipinski definition) is 3. The van der Waals surface area contributed by atoms with Crippen LogP contribution in [0.4, 0.5) is 5.69 Å². The predicted molar refractivity (Wildman–Crippen MR) is 74.2 cm³/mol. The lowest BCUT2D eigenvalue weighted by Crippen LogP contribution is -2.46. The number of nitrogens with zero attached hydrogens (tertiary/aromatic N) is 1. The SMILES string of the molecule is CCC(C)c1ccc(N(C)C(=O)C(N)C(=O)O)cc1. The van der Waals surface area contributed by atoms with E-state index in [0.29, 0.717) is 11.6 Å². The highest BCUT2D eigenvalue weighted by molar-refractivity contribution is 6.08. The molecule has 2 atom stereocenters. The topological polar surface area (TPSA) is 83.6 Å². The second-order valence-electron chi connectivity index (χ2n) is 4.61. The molecule has 2 unspecified atom stereocenters. The molecule has 1 aromatic carbocycles. The van der Waals surface area contributed by atoms with Crippen molar-refractivity contribution in [2.75, 3.05) is 11.9 Å². The van der Waals surface area contributed by atoms with Crippen molar-refractivity contribution in [2.24, 2.45) is 5.73 Å². The fraction of sp³-hybridized carbons (Fsp3) is 0.429. The third-order valence-electron chi connectivity index (χ3n) is 3.32. The summed E-state index contributed by atoms with van der Waals surface area (Å²) < 4.78 is 0. The van der Waals surface area contributed by atoms with Gasteiger partial charge < -0.3 is 15.7 Å². The van der Waals surface area contributed by atoms with Crippen LogP contribution >= 0.6 is 0 Å². The highest BCUT2D eigenvalue weighted by Gasteiger charge is 2.25. The molecule has 0 aliphatic carbocycles. The summed E-state index contributed by atoms with van der Waals surface area (Å²) in [5.74, 6) is -1.51. The van der Waals surface area contributed by atoms with Crippen LogP contribution < -0.4 is 10.6 Å². The van der Waals surface area contributed by atoms with Crippen molar-refractivity contribution >= 4 is 17.6 Å². The number of carbonyl (C=O) groups excluding carboxylic acids is 1. The Hall–Kier alpha value is -1.88. The molecule has 0 saturated carbocycles. The molecule has 0 fully saturated rings. The van der Waals surface area contributed by atoms with Gasteiger partial charge in [0.15, 0.2) is 6.04 Å². The third-order valence-corrected chi connectivity index (χ3v) is 3.32. The smallest absolute Gasteiger partial charge is 0.330 e. The van der Waals surface area contributed by atoms with Crippen LogP contribution in [0.2, 0.25) is 0 Å². The molecule has 1 aromatic rings. The molecule has 0 radical (unpaired) electrons. The van der Waals surface area contributed by atoms with E-state index < -0.39 is 17.9 Å². The van der Waals surface area contributed by atoms with E-state index in [1.807, 2.05) is 12.1 Å². The molecule has 104 valence electrons. The first-order chi connectivity index (χ1) is 8.88.